The van der Waals surface area contributed by atoms with E-state index in [0.717, 1.165) is 41.2 Å². The van der Waals surface area contributed by atoms with Gasteiger partial charge < -0.3 is 15.0 Å². The predicted octanol–water partition coefficient (Wildman–Crippen LogP) is 5.30. The molecule has 4 nitrogen and oxygen atoms in total. The Kier molecular flexibility index (Phi) is 9.00. The van der Waals surface area contributed by atoms with Crippen molar-refractivity contribution in [2.75, 3.05) is 0 Å². The number of aromatic carboxylic acids is 1. The molecule has 0 bridgehead atoms. The molecule has 0 aliphatic carbocycles. The summed E-state index contributed by atoms with van der Waals surface area (Å²) in [6.45, 7) is 2.21. The quantitative estimate of drug-likeness (QED) is 0.379. The van der Waals surface area contributed by atoms with Crippen molar-refractivity contribution in [2.45, 2.75) is 68.6 Å². The van der Waals surface area contributed by atoms with E-state index in [1.54, 1.807) is 12.1 Å². The number of aliphatic hydroxyl groups excluding tert-OH is 1. The molecule has 32 heavy (non-hydrogen) atoms. The number of rotatable bonds is 12. The molecule has 0 aromatic heterocycles. The predicted molar refractivity (Wildman–Crippen MR) is 128 cm³/mol. The van der Waals surface area contributed by atoms with Gasteiger partial charge in [0.25, 0.3) is 0 Å². The first-order valence-corrected chi connectivity index (χ1v) is 12.7. The van der Waals surface area contributed by atoms with Gasteiger partial charge in [0.15, 0.2) is 0 Å². The van der Waals surface area contributed by atoms with Crippen molar-refractivity contribution in [1.29, 1.82) is 0 Å². The zero-order chi connectivity index (χ0) is 22.9. The monoisotopic (exact) mass is 451 g/mol. The molecule has 2 unspecified atom stereocenters. The molecule has 3 aromatic carbocycles. The van der Waals surface area contributed by atoms with Crippen molar-refractivity contribution in [3.8, 4) is 0 Å². The van der Waals surface area contributed by atoms with Crippen molar-refractivity contribution >= 4 is 27.5 Å². The lowest BCUT2D eigenvalue weighted by atomic mass is 9.98. The molecular formula is C27H31O4S-. The van der Waals surface area contributed by atoms with E-state index in [4.69, 9.17) is 0 Å². The Labute approximate surface area is 192 Å². The van der Waals surface area contributed by atoms with Crippen LogP contribution < -0.4 is 5.11 Å². The van der Waals surface area contributed by atoms with E-state index in [2.05, 4.69) is 6.92 Å². The number of carbonyl (C=O) groups is 1. The zero-order valence-corrected chi connectivity index (χ0v) is 19.4. The first-order chi connectivity index (χ1) is 15.5. The molecule has 0 saturated carbocycles. The third kappa shape index (κ3) is 6.75. The van der Waals surface area contributed by atoms with Crippen LogP contribution in [-0.2, 0) is 16.6 Å². The van der Waals surface area contributed by atoms with Crippen LogP contribution in [-0.4, -0.2) is 15.3 Å². The van der Waals surface area contributed by atoms with E-state index >= 15 is 0 Å². The smallest absolute Gasteiger partial charge is 0.0790 e. The van der Waals surface area contributed by atoms with Gasteiger partial charge in [-0.15, -0.1) is 0 Å². The van der Waals surface area contributed by atoms with Crippen LogP contribution in [0, 0.1) is 0 Å². The molecule has 2 atom stereocenters. The first kappa shape index (κ1) is 24.1. The van der Waals surface area contributed by atoms with E-state index in [-0.39, 0.29) is 11.3 Å². The highest BCUT2D eigenvalue weighted by Gasteiger charge is 2.10. The highest BCUT2D eigenvalue weighted by molar-refractivity contribution is 7.84. The summed E-state index contributed by atoms with van der Waals surface area (Å²) in [5, 5.41) is 23.7. The van der Waals surface area contributed by atoms with Crippen molar-refractivity contribution in [3.63, 3.8) is 0 Å². The Balaban J connectivity index is 1.66. The molecule has 3 aromatic rings. The van der Waals surface area contributed by atoms with Crippen molar-refractivity contribution in [3.05, 3.63) is 77.4 Å². The maximum atomic E-state index is 12.8. The maximum absolute atomic E-state index is 12.8. The molecule has 1 N–H and O–H groups in total. The van der Waals surface area contributed by atoms with Gasteiger partial charge in [-0.1, -0.05) is 87.9 Å². The van der Waals surface area contributed by atoms with Crippen LogP contribution in [0.2, 0.25) is 0 Å². The number of hydrogen-bond donors (Lipinski definition) is 1. The minimum Gasteiger partial charge on any atom is -0.545 e. The normalized spacial score (nSPS) is 13.2. The van der Waals surface area contributed by atoms with E-state index < -0.39 is 22.9 Å². The molecule has 0 heterocycles. The third-order valence-corrected chi connectivity index (χ3v) is 7.15. The highest BCUT2D eigenvalue weighted by atomic mass is 32.2. The average Bonchev–Trinajstić information content (AvgIpc) is 2.80. The lowest BCUT2D eigenvalue weighted by molar-refractivity contribution is -0.255. The number of fused-ring (bicyclic) bond motifs is 1. The van der Waals surface area contributed by atoms with Crippen LogP contribution in [0.5, 0.6) is 0 Å². The number of aliphatic hydroxyl groups is 1. The standard InChI is InChI=1S/C27H32O4S/c1-2-3-4-5-6-7-11-26(28)22-15-14-21-13-12-20(16-24(21)17-22)19-32(31)25-10-8-9-23(18-25)27(29)30/h8-10,12-18,26,28H,2-7,11,19H2,1H3,(H,29,30)/p-1. The maximum Gasteiger partial charge on any atom is 0.0790 e. The summed E-state index contributed by atoms with van der Waals surface area (Å²) in [6.07, 6.45) is 7.47. The minimum absolute atomic E-state index is 0.0263. The Morgan fingerprint density at radius 3 is 2.47 bits per heavy atom. The summed E-state index contributed by atoms with van der Waals surface area (Å²) >= 11 is 0. The summed E-state index contributed by atoms with van der Waals surface area (Å²) in [6, 6.07) is 18.0. The minimum atomic E-state index is -1.37. The van der Waals surface area contributed by atoms with E-state index in [1.165, 1.54) is 37.8 Å². The summed E-state index contributed by atoms with van der Waals surface area (Å²) in [4.78, 5) is 11.5. The van der Waals surface area contributed by atoms with Crippen LogP contribution >= 0.6 is 0 Å². The second kappa shape index (κ2) is 11.9. The van der Waals surface area contributed by atoms with Gasteiger partial charge in [-0.05, 0) is 52.1 Å². The molecule has 0 fully saturated rings. The van der Waals surface area contributed by atoms with Gasteiger partial charge in [0.1, 0.15) is 0 Å². The van der Waals surface area contributed by atoms with Crippen LogP contribution in [0.25, 0.3) is 10.8 Å². The molecule has 0 aliphatic heterocycles. The average molecular weight is 452 g/mol. The molecule has 0 spiro atoms. The second-order valence-corrected chi connectivity index (χ2v) is 9.77. The Hall–Kier alpha value is -2.50. The number of hydrogen-bond acceptors (Lipinski definition) is 4. The van der Waals surface area contributed by atoms with Crippen molar-refractivity contribution in [2.24, 2.45) is 0 Å². The number of benzene rings is 3. The fourth-order valence-electron chi connectivity index (χ4n) is 3.90. The zero-order valence-electron chi connectivity index (χ0n) is 18.6. The SMILES string of the molecule is CCCCCCCCC(O)c1ccc2ccc(CS(=O)c3cccc(C(=O)[O-])c3)cc2c1. The fourth-order valence-corrected chi connectivity index (χ4v) is 5.03. The van der Waals surface area contributed by atoms with E-state index in [9.17, 15) is 19.2 Å². The largest absolute Gasteiger partial charge is 0.545 e. The Bertz CT molecular complexity index is 1080. The summed E-state index contributed by atoms with van der Waals surface area (Å²) < 4.78 is 12.8. The van der Waals surface area contributed by atoms with Gasteiger partial charge in [-0.2, -0.15) is 0 Å². The van der Waals surface area contributed by atoms with Gasteiger partial charge >= 0.3 is 0 Å². The van der Waals surface area contributed by atoms with E-state index in [0.29, 0.717) is 4.90 Å². The molecule has 3 rings (SSSR count). The van der Waals surface area contributed by atoms with Crippen molar-refractivity contribution < 1.29 is 19.2 Å². The van der Waals surface area contributed by atoms with Crippen LogP contribution in [0.3, 0.4) is 0 Å². The van der Waals surface area contributed by atoms with Crippen LogP contribution in [0.1, 0.15) is 79.5 Å². The van der Waals surface area contributed by atoms with Gasteiger partial charge in [-0.3, -0.25) is 4.21 Å². The summed E-state index contributed by atoms with van der Waals surface area (Å²) in [5.74, 6) is -0.988. The topological polar surface area (TPSA) is 77.4 Å². The molecule has 5 heteroatoms. The molecule has 0 amide bonds. The second-order valence-electron chi connectivity index (χ2n) is 8.32. The number of carboxylic acid groups (broad SMARTS) is 1. The summed E-state index contributed by atoms with van der Waals surface area (Å²) in [5.41, 5.74) is 1.83. The Morgan fingerprint density at radius 1 is 0.938 bits per heavy atom. The summed E-state index contributed by atoms with van der Waals surface area (Å²) in [7, 11) is -1.37. The Morgan fingerprint density at radius 2 is 1.69 bits per heavy atom. The van der Waals surface area contributed by atoms with Gasteiger partial charge in [0, 0.05) is 4.90 Å². The molecule has 0 saturated heterocycles. The fraction of sp³-hybridized carbons (Fsp3) is 0.370. The molecule has 170 valence electrons. The van der Waals surface area contributed by atoms with Crippen molar-refractivity contribution in [1.82, 2.24) is 0 Å². The van der Waals surface area contributed by atoms with Crippen LogP contribution in [0.15, 0.2) is 65.6 Å². The number of carboxylic acids is 1. The highest BCUT2D eigenvalue weighted by Crippen LogP contribution is 2.26. The lowest BCUT2D eigenvalue weighted by Crippen LogP contribution is -2.22. The number of carbonyl (C=O) groups excluding carboxylic acids is 1. The number of unbranched alkanes of at least 4 members (excludes halogenated alkanes) is 5. The molecular weight excluding hydrogens is 420 g/mol. The first-order valence-electron chi connectivity index (χ1n) is 11.4. The lowest BCUT2D eigenvalue weighted by Gasteiger charge is -2.13. The molecule has 0 radical (unpaired) electrons. The van der Waals surface area contributed by atoms with Gasteiger partial charge in [0.05, 0.1) is 28.6 Å². The molecule has 0 aliphatic rings. The van der Waals surface area contributed by atoms with E-state index in [1.807, 2.05) is 36.4 Å². The third-order valence-electron chi connectivity index (χ3n) is 5.77. The van der Waals surface area contributed by atoms with Gasteiger partial charge in [-0.25, -0.2) is 0 Å². The van der Waals surface area contributed by atoms with Gasteiger partial charge in [0.2, 0.25) is 0 Å². The van der Waals surface area contributed by atoms with Crippen LogP contribution in [0.4, 0.5) is 0 Å².